The maximum Gasteiger partial charge on any atom is 0.310 e. The van der Waals surface area contributed by atoms with E-state index >= 15 is 0 Å². The summed E-state index contributed by atoms with van der Waals surface area (Å²) in [7, 11) is 0. The zero-order valence-corrected chi connectivity index (χ0v) is 23.1. The van der Waals surface area contributed by atoms with Crippen molar-refractivity contribution in [3.63, 3.8) is 0 Å². The Morgan fingerprint density at radius 1 is 0.765 bits per heavy atom. The van der Waals surface area contributed by atoms with Gasteiger partial charge in [-0.1, -0.05) is 39.5 Å². The number of hydrogen-bond acceptors (Lipinski definition) is 4. The maximum absolute atomic E-state index is 13.6. The van der Waals surface area contributed by atoms with Crippen molar-refractivity contribution >= 4 is 11.9 Å². The average Bonchev–Trinajstić information content (AvgIpc) is 2.58. The van der Waals surface area contributed by atoms with Gasteiger partial charge in [0.25, 0.3) is 0 Å². The highest BCUT2D eigenvalue weighted by Crippen LogP contribution is 2.65. The van der Waals surface area contributed by atoms with E-state index in [2.05, 4.69) is 66.0 Å². The van der Waals surface area contributed by atoms with Crippen molar-refractivity contribution in [3.8, 4) is 0 Å². The molecule has 0 bridgehead atoms. The Kier molecular flexibility index (Phi) is 8.95. The molecule has 2 rings (SSSR count). The predicted molar refractivity (Wildman–Crippen MR) is 138 cm³/mol. The molecule has 34 heavy (non-hydrogen) atoms. The summed E-state index contributed by atoms with van der Waals surface area (Å²) in [5, 5.41) is 27.5. The second-order valence-corrected chi connectivity index (χ2v) is 13.6. The van der Waals surface area contributed by atoms with E-state index in [9.17, 15) is 14.7 Å². The second-order valence-electron chi connectivity index (χ2n) is 13.6. The van der Waals surface area contributed by atoms with Crippen molar-refractivity contribution in [3.05, 3.63) is 0 Å². The van der Waals surface area contributed by atoms with E-state index in [1.54, 1.807) is 0 Å². The molecule has 0 aromatic heterocycles. The molecule has 2 fully saturated rings. The number of piperidine rings is 2. The summed E-state index contributed by atoms with van der Waals surface area (Å²) < 4.78 is 0. The summed E-state index contributed by atoms with van der Waals surface area (Å²) in [4.78, 5) is 24.4. The van der Waals surface area contributed by atoms with Gasteiger partial charge in [0.05, 0.1) is 5.41 Å². The van der Waals surface area contributed by atoms with Crippen LogP contribution in [0.25, 0.3) is 0 Å². The van der Waals surface area contributed by atoms with E-state index in [0.717, 1.165) is 51.4 Å². The number of carboxylic acids is 2. The van der Waals surface area contributed by atoms with Crippen molar-refractivity contribution in [1.29, 1.82) is 0 Å². The fourth-order valence-electron chi connectivity index (χ4n) is 8.79. The third-order valence-electron chi connectivity index (χ3n) is 8.82. The number of carbonyl (C=O) groups is 2. The number of aliphatic carboxylic acids is 2. The minimum atomic E-state index is -0.831. The topological polar surface area (TPSA) is 98.7 Å². The molecule has 4 N–H and O–H groups in total. The zero-order valence-electron chi connectivity index (χ0n) is 23.1. The third kappa shape index (κ3) is 6.34. The van der Waals surface area contributed by atoms with Gasteiger partial charge in [-0.2, -0.15) is 0 Å². The van der Waals surface area contributed by atoms with E-state index in [1.165, 1.54) is 0 Å². The number of carboxylic acid groups (broad SMARTS) is 2. The highest BCUT2D eigenvalue weighted by molar-refractivity contribution is 5.77. The van der Waals surface area contributed by atoms with Crippen LogP contribution in [0.2, 0.25) is 0 Å². The van der Waals surface area contributed by atoms with Crippen molar-refractivity contribution in [2.24, 2.45) is 16.2 Å². The molecule has 0 aromatic rings. The monoisotopic (exact) mass is 480 g/mol. The van der Waals surface area contributed by atoms with Gasteiger partial charge in [0, 0.05) is 29.6 Å². The molecule has 0 spiro atoms. The van der Waals surface area contributed by atoms with Crippen LogP contribution < -0.4 is 10.6 Å². The smallest absolute Gasteiger partial charge is 0.310 e. The lowest BCUT2D eigenvalue weighted by atomic mass is 9.42. The van der Waals surface area contributed by atoms with Gasteiger partial charge in [-0.15, -0.1) is 0 Å². The number of hydrogen-bond donors (Lipinski definition) is 4. The molecule has 0 radical (unpaired) electrons. The lowest BCUT2D eigenvalue weighted by Gasteiger charge is -2.64. The molecule has 2 heterocycles. The summed E-state index contributed by atoms with van der Waals surface area (Å²) in [5.41, 5.74) is -1.73. The van der Waals surface area contributed by atoms with Crippen LogP contribution in [-0.4, -0.2) is 45.3 Å². The highest BCUT2D eigenvalue weighted by Gasteiger charge is 2.66. The Bertz CT molecular complexity index is 696. The molecular formula is C28H52N2O4. The van der Waals surface area contributed by atoms with Gasteiger partial charge in [0.1, 0.15) is 0 Å². The summed E-state index contributed by atoms with van der Waals surface area (Å²) in [5.74, 6) is -1.37. The molecule has 0 amide bonds. The first-order valence-corrected chi connectivity index (χ1v) is 13.5. The van der Waals surface area contributed by atoms with Crippen molar-refractivity contribution in [2.45, 2.75) is 149 Å². The number of rotatable bonds is 11. The van der Waals surface area contributed by atoms with Crippen LogP contribution in [0.5, 0.6) is 0 Å². The molecule has 0 aliphatic carbocycles. The lowest BCUT2D eigenvalue weighted by molar-refractivity contribution is -0.192. The summed E-state index contributed by atoms with van der Waals surface area (Å²) >= 11 is 0. The standard InChI is InChI=1S/C28H52N2O4/c1-20-16-26(7,18-24(3,4)29-20)28(23(33)34,15-13-11-9-10-12-14-22(31)32)27(8)17-21(2)30-25(5,6)19-27/h20-21,29-30H,9-19H2,1-8H3,(H,31,32)(H,33,34). The molecule has 198 valence electrons. The summed E-state index contributed by atoms with van der Waals surface area (Å²) in [6, 6.07) is 0.526. The van der Waals surface area contributed by atoms with Crippen LogP contribution >= 0.6 is 0 Å². The average molecular weight is 481 g/mol. The molecule has 2 aliphatic rings. The Balaban J connectivity index is 2.42. The third-order valence-corrected chi connectivity index (χ3v) is 8.82. The van der Waals surface area contributed by atoms with Crippen LogP contribution in [0.4, 0.5) is 0 Å². The van der Waals surface area contributed by atoms with Gasteiger partial charge in [-0.25, -0.2) is 0 Å². The van der Waals surface area contributed by atoms with Crippen LogP contribution in [0.1, 0.15) is 126 Å². The van der Waals surface area contributed by atoms with Crippen molar-refractivity contribution in [2.75, 3.05) is 0 Å². The van der Waals surface area contributed by atoms with E-state index in [0.29, 0.717) is 12.8 Å². The summed E-state index contributed by atoms with van der Waals surface area (Å²) in [6.07, 6.45) is 8.67. The van der Waals surface area contributed by atoms with E-state index in [4.69, 9.17) is 5.11 Å². The van der Waals surface area contributed by atoms with Gasteiger partial charge in [-0.05, 0) is 90.9 Å². The molecule has 0 aromatic carbocycles. The molecule has 0 saturated carbocycles. The molecule has 2 aliphatic heterocycles. The quantitative estimate of drug-likeness (QED) is 0.271. The first-order valence-electron chi connectivity index (χ1n) is 13.5. The Labute approximate surface area is 208 Å². The van der Waals surface area contributed by atoms with Crippen LogP contribution in [0.3, 0.4) is 0 Å². The van der Waals surface area contributed by atoms with Gasteiger partial charge in [0.15, 0.2) is 0 Å². The van der Waals surface area contributed by atoms with Gasteiger partial charge >= 0.3 is 11.9 Å². The number of unbranched alkanes of at least 4 members (excludes halogenated alkanes) is 4. The Morgan fingerprint density at radius 2 is 1.18 bits per heavy atom. The number of nitrogens with one attached hydrogen (secondary N) is 2. The van der Waals surface area contributed by atoms with Crippen molar-refractivity contribution < 1.29 is 19.8 Å². The maximum atomic E-state index is 13.6. The van der Waals surface area contributed by atoms with E-state index < -0.39 is 17.4 Å². The molecular weight excluding hydrogens is 428 g/mol. The van der Waals surface area contributed by atoms with Gasteiger partial charge in [0.2, 0.25) is 0 Å². The van der Waals surface area contributed by atoms with E-state index in [-0.39, 0.29) is 40.4 Å². The van der Waals surface area contributed by atoms with Gasteiger partial charge in [-0.3, -0.25) is 9.59 Å². The first-order chi connectivity index (χ1) is 15.5. The predicted octanol–water partition coefficient (Wildman–Crippen LogP) is 5.99. The zero-order chi connectivity index (χ0) is 26.0. The first kappa shape index (κ1) is 29.1. The fourth-order valence-corrected chi connectivity index (χ4v) is 8.79. The van der Waals surface area contributed by atoms with Crippen molar-refractivity contribution in [1.82, 2.24) is 10.6 Å². The normalized spacial score (nSPS) is 34.8. The van der Waals surface area contributed by atoms with Gasteiger partial charge < -0.3 is 20.8 Å². The SMILES string of the molecule is CC1CC(C)(C(CCCCCCCC(=O)O)(C(=O)O)C2(C)CC(C)NC(C)(C)C2)CC(C)(C)N1. The molecule has 2 saturated heterocycles. The minimum absolute atomic E-state index is 0.117. The fraction of sp³-hybridized carbons (Fsp3) is 0.929. The van der Waals surface area contributed by atoms with Crippen LogP contribution in [0.15, 0.2) is 0 Å². The van der Waals surface area contributed by atoms with E-state index in [1.807, 2.05) is 0 Å². The molecule has 6 nitrogen and oxygen atoms in total. The molecule has 4 unspecified atom stereocenters. The molecule has 4 atom stereocenters. The minimum Gasteiger partial charge on any atom is -0.481 e. The molecule has 6 heteroatoms. The Hall–Kier alpha value is -1.14. The Morgan fingerprint density at radius 3 is 1.56 bits per heavy atom. The lowest BCUT2D eigenvalue weighted by Crippen LogP contribution is -2.68. The summed E-state index contributed by atoms with van der Waals surface area (Å²) in [6.45, 7) is 17.8. The second kappa shape index (κ2) is 10.5. The highest BCUT2D eigenvalue weighted by atomic mass is 16.4. The largest absolute Gasteiger partial charge is 0.481 e. The van der Waals surface area contributed by atoms with Crippen LogP contribution in [0, 0.1) is 16.2 Å². The van der Waals surface area contributed by atoms with Crippen LogP contribution in [-0.2, 0) is 9.59 Å².